The van der Waals surface area contributed by atoms with Gasteiger partial charge in [-0.3, -0.25) is 9.69 Å². The van der Waals surface area contributed by atoms with Gasteiger partial charge in [-0.25, -0.2) is 0 Å². The molecule has 1 amide bonds. The lowest BCUT2D eigenvalue weighted by molar-refractivity contribution is -0.124. The summed E-state index contributed by atoms with van der Waals surface area (Å²) in [5.74, 6) is 2.76. The summed E-state index contributed by atoms with van der Waals surface area (Å²) in [6.45, 7) is 5.78. The van der Waals surface area contributed by atoms with Crippen LogP contribution in [0.1, 0.15) is 25.5 Å². The van der Waals surface area contributed by atoms with Crippen molar-refractivity contribution in [2.45, 2.75) is 38.4 Å². The fourth-order valence-corrected chi connectivity index (χ4v) is 3.38. The lowest BCUT2D eigenvalue weighted by Crippen LogP contribution is -2.57. The summed E-state index contributed by atoms with van der Waals surface area (Å²) in [7, 11) is 0. The predicted octanol–water partition coefficient (Wildman–Crippen LogP) is 2.40. The zero-order chi connectivity index (χ0) is 18.6. The molecular formula is C21H27N3O3. The van der Waals surface area contributed by atoms with Gasteiger partial charge in [0.2, 0.25) is 5.91 Å². The van der Waals surface area contributed by atoms with E-state index in [0.717, 1.165) is 48.8 Å². The normalized spacial score (nSPS) is 20.4. The standard InChI is InChI=1S/C21H27N3O3/c1-2-26-17-7-3-15(4-8-17)20-10-9-18(27-20)13-24-12-11-22-19(14-24)21(25)23-16-5-6-16/h3-4,7-10,16,19,22H,2,5-6,11-14H2,1H3,(H,23,25)/t19-/m1/s1. The third kappa shape index (κ3) is 4.70. The fraction of sp³-hybridized carbons (Fsp3) is 0.476. The van der Waals surface area contributed by atoms with Crippen molar-refractivity contribution >= 4 is 5.91 Å². The average molecular weight is 369 g/mol. The Morgan fingerprint density at radius 3 is 2.81 bits per heavy atom. The highest BCUT2D eigenvalue weighted by molar-refractivity contribution is 5.82. The van der Waals surface area contributed by atoms with Crippen molar-refractivity contribution in [3.8, 4) is 17.1 Å². The molecule has 1 atom stereocenters. The van der Waals surface area contributed by atoms with E-state index in [2.05, 4.69) is 15.5 Å². The van der Waals surface area contributed by atoms with Crippen LogP contribution in [-0.4, -0.2) is 49.1 Å². The molecule has 1 aliphatic heterocycles. The maximum atomic E-state index is 12.3. The van der Waals surface area contributed by atoms with Crippen LogP contribution in [0.15, 0.2) is 40.8 Å². The summed E-state index contributed by atoms with van der Waals surface area (Å²) in [5.41, 5.74) is 1.03. The third-order valence-electron chi connectivity index (χ3n) is 4.99. The largest absolute Gasteiger partial charge is 0.494 e. The second-order valence-electron chi connectivity index (χ2n) is 7.25. The molecule has 2 fully saturated rings. The Bertz CT molecular complexity index is 767. The monoisotopic (exact) mass is 369 g/mol. The minimum absolute atomic E-state index is 0.122. The number of nitrogens with zero attached hydrogens (tertiary/aromatic N) is 1. The second-order valence-corrected chi connectivity index (χ2v) is 7.25. The van der Waals surface area contributed by atoms with Gasteiger partial charge in [0.05, 0.1) is 19.2 Å². The molecule has 1 aliphatic carbocycles. The van der Waals surface area contributed by atoms with Gasteiger partial charge in [-0.05, 0) is 56.2 Å². The topological polar surface area (TPSA) is 66.7 Å². The van der Waals surface area contributed by atoms with Crippen LogP contribution in [0.3, 0.4) is 0 Å². The van der Waals surface area contributed by atoms with Crippen LogP contribution in [-0.2, 0) is 11.3 Å². The molecule has 1 aromatic carbocycles. The summed E-state index contributed by atoms with van der Waals surface area (Å²) in [6.07, 6.45) is 2.23. The van der Waals surface area contributed by atoms with Gasteiger partial charge in [0, 0.05) is 31.2 Å². The summed E-state index contributed by atoms with van der Waals surface area (Å²) in [4.78, 5) is 14.5. The molecule has 1 saturated heterocycles. The maximum Gasteiger partial charge on any atom is 0.238 e. The van der Waals surface area contributed by atoms with Crippen molar-refractivity contribution in [2.24, 2.45) is 0 Å². The van der Waals surface area contributed by atoms with Gasteiger partial charge in [0.15, 0.2) is 0 Å². The summed E-state index contributed by atoms with van der Waals surface area (Å²) < 4.78 is 11.5. The van der Waals surface area contributed by atoms with E-state index in [-0.39, 0.29) is 11.9 Å². The zero-order valence-electron chi connectivity index (χ0n) is 15.7. The Morgan fingerprint density at radius 1 is 1.26 bits per heavy atom. The molecule has 0 bridgehead atoms. The Labute approximate surface area is 159 Å². The number of ether oxygens (including phenoxy) is 1. The minimum atomic E-state index is -0.139. The maximum absolute atomic E-state index is 12.3. The number of piperazine rings is 1. The Kier molecular flexibility index (Phi) is 5.45. The van der Waals surface area contributed by atoms with E-state index in [4.69, 9.17) is 9.15 Å². The molecule has 0 spiro atoms. The van der Waals surface area contributed by atoms with Gasteiger partial charge in [-0.15, -0.1) is 0 Å². The number of hydrogen-bond acceptors (Lipinski definition) is 5. The van der Waals surface area contributed by atoms with Crippen molar-refractivity contribution in [2.75, 3.05) is 26.2 Å². The van der Waals surface area contributed by atoms with Gasteiger partial charge in [-0.2, -0.15) is 0 Å². The van der Waals surface area contributed by atoms with Crippen LogP contribution in [0.2, 0.25) is 0 Å². The van der Waals surface area contributed by atoms with E-state index in [1.165, 1.54) is 0 Å². The van der Waals surface area contributed by atoms with Crippen LogP contribution < -0.4 is 15.4 Å². The van der Waals surface area contributed by atoms with E-state index in [0.29, 0.717) is 25.7 Å². The van der Waals surface area contributed by atoms with Gasteiger partial charge in [0.1, 0.15) is 17.3 Å². The molecule has 2 N–H and O–H groups in total. The number of carbonyl (C=O) groups is 1. The lowest BCUT2D eigenvalue weighted by Gasteiger charge is -2.32. The molecule has 2 aliphatic rings. The predicted molar refractivity (Wildman–Crippen MR) is 104 cm³/mol. The zero-order valence-corrected chi connectivity index (χ0v) is 15.7. The number of benzene rings is 1. The fourth-order valence-electron chi connectivity index (χ4n) is 3.38. The molecule has 1 saturated carbocycles. The van der Waals surface area contributed by atoms with Crippen molar-refractivity contribution < 1.29 is 13.9 Å². The van der Waals surface area contributed by atoms with Gasteiger partial charge in [-0.1, -0.05) is 0 Å². The number of furan rings is 1. The molecule has 0 radical (unpaired) electrons. The Morgan fingerprint density at radius 2 is 2.07 bits per heavy atom. The molecule has 144 valence electrons. The lowest BCUT2D eigenvalue weighted by atomic mass is 10.1. The van der Waals surface area contributed by atoms with Crippen LogP contribution in [0, 0.1) is 0 Å². The van der Waals surface area contributed by atoms with Crippen LogP contribution >= 0.6 is 0 Å². The smallest absolute Gasteiger partial charge is 0.238 e. The highest BCUT2D eigenvalue weighted by atomic mass is 16.5. The van der Waals surface area contributed by atoms with Crippen molar-refractivity contribution in [1.82, 2.24) is 15.5 Å². The van der Waals surface area contributed by atoms with Crippen LogP contribution in [0.4, 0.5) is 0 Å². The molecule has 6 nitrogen and oxygen atoms in total. The highest BCUT2D eigenvalue weighted by Gasteiger charge is 2.30. The molecule has 2 heterocycles. The Balaban J connectivity index is 1.34. The van der Waals surface area contributed by atoms with Gasteiger partial charge < -0.3 is 19.8 Å². The number of amides is 1. The molecular weight excluding hydrogens is 342 g/mol. The third-order valence-corrected chi connectivity index (χ3v) is 4.99. The molecule has 4 rings (SSSR count). The van der Waals surface area contributed by atoms with Gasteiger partial charge >= 0.3 is 0 Å². The van der Waals surface area contributed by atoms with Crippen molar-refractivity contribution in [3.05, 3.63) is 42.2 Å². The molecule has 1 aromatic heterocycles. The molecule has 6 heteroatoms. The minimum Gasteiger partial charge on any atom is -0.494 e. The second kappa shape index (κ2) is 8.15. The summed E-state index contributed by atoms with van der Waals surface area (Å²) in [5, 5.41) is 6.40. The van der Waals surface area contributed by atoms with Crippen molar-refractivity contribution in [1.29, 1.82) is 0 Å². The average Bonchev–Trinajstić information content (AvgIpc) is 3.38. The molecule has 0 unspecified atom stereocenters. The van der Waals surface area contributed by atoms with Crippen LogP contribution in [0.25, 0.3) is 11.3 Å². The van der Waals surface area contributed by atoms with E-state index in [1.54, 1.807) is 0 Å². The first-order valence-corrected chi connectivity index (χ1v) is 9.79. The van der Waals surface area contributed by atoms with E-state index in [1.807, 2.05) is 43.3 Å². The number of hydrogen-bond donors (Lipinski definition) is 2. The first-order valence-electron chi connectivity index (χ1n) is 9.79. The Hall–Kier alpha value is -2.31. The SMILES string of the molecule is CCOc1ccc(-c2ccc(CN3CCN[C@@H](C(=O)NC4CC4)C3)o2)cc1. The first kappa shape index (κ1) is 18.1. The number of carbonyl (C=O) groups excluding carboxylic acids is 1. The first-order chi connectivity index (χ1) is 13.2. The summed E-state index contributed by atoms with van der Waals surface area (Å²) >= 11 is 0. The molecule has 2 aromatic rings. The van der Waals surface area contributed by atoms with Gasteiger partial charge in [0.25, 0.3) is 0 Å². The summed E-state index contributed by atoms with van der Waals surface area (Å²) in [6, 6.07) is 12.2. The van der Waals surface area contributed by atoms with Crippen LogP contribution in [0.5, 0.6) is 5.75 Å². The highest BCUT2D eigenvalue weighted by Crippen LogP contribution is 2.25. The number of nitrogens with one attached hydrogen (secondary N) is 2. The molecule has 27 heavy (non-hydrogen) atoms. The van der Waals surface area contributed by atoms with E-state index >= 15 is 0 Å². The quantitative estimate of drug-likeness (QED) is 0.785. The number of rotatable bonds is 7. The van der Waals surface area contributed by atoms with E-state index in [9.17, 15) is 4.79 Å². The van der Waals surface area contributed by atoms with E-state index < -0.39 is 0 Å². The van der Waals surface area contributed by atoms with Crippen molar-refractivity contribution in [3.63, 3.8) is 0 Å².